The normalized spacial score (nSPS) is 13.1. The highest BCUT2D eigenvalue weighted by Gasteiger charge is 2.31. The SMILES string of the molecule is COc1ncc(C(F)F)cc1-c1cc(C)ncc1C(=O)Nc1nc2c(s1)CN(C(=O)OC(C)(C)C)C2. The molecule has 12 heteroatoms. The lowest BCUT2D eigenvalue weighted by atomic mass is 10.00. The number of carbonyl (C=O) groups excluding carboxylic acids is 2. The zero-order chi connectivity index (χ0) is 26.2. The van der Waals surface area contributed by atoms with Gasteiger partial charge in [-0.1, -0.05) is 11.3 Å². The number of ether oxygens (including phenoxy) is 2. The number of aryl methyl sites for hydroxylation is 1. The lowest BCUT2D eigenvalue weighted by molar-refractivity contribution is 0.0241. The molecule has 0 saturated carbocycles. The number of carbonyl (C=O) groups is 2. The van der Waals surface area contributed by atoms with Crippen LogP contribution in [0.15, 0.2) is 24.5 Å². The van der Waals surface area contributed by atoms with Crippen molar-refractivity contribution in [3.05, 3.63) is 51.9 Å². The summed E-state index contributed by atoms with van der Waals surface area (Å²) in [5.74, 6) is -0.409. The van der Waals surface area contributed by atoms with Crippen LogP contribution in [0.5, 0.6) is 5.88 Å². The van der Waals surface area contributed by atoms with E-state index in [0.29, 0.717) is 28.6 Å². The summed E-state index contributed by atoms with van der Waals surface area (Å²) in [5, 5.41) is 3.11. The second-order valence-corrected chi connectivity index (χ2v) is 10.3. The molecule has 3 aromatic rings. The van der Waals surface area contributed by atoms with Gasteiger partial charge in [-0.2, -0.15) is 0 Å². The molecule has 1 aliphatic rings. The third-order valence-corrected chi connectivity index (χ3v) is 6.22. The number of alkyl halides is 2. The first-order valence-electron chi connectivity index (χ1n) is 11.0. The maximum Gasteiger partial charge on any atom is 0.410 e. The van der Waals surface area contributed by atoms with Gasteiger partial charge in [0.25, 0.3) is 12.3 Å². The fourth-order valence-corrected chi connectivity index (χ4v) is 4.60. The number of nitrogens with one attached hydrogen (secondary N) is 1. The highest BCUT2D eigenvalue weighted by Crippen LogP contribution is 2.36. The van der Waals surface area contributed by atoms with E-state index in [4.69, 9.17) is 9.47 Å². The predicted octanol–water partition coefficient (Wildman–Crippen LogP) is 5.36. The first kappa shape index (κ1) is 25.4. The number of thiazole rings is 1. The Kier molecular flexibility index (Phi) is 6.90. The fraction of sp³-hybridized carbons (Fsp3) is 0.375. The zero-order valence-electron chi connectivity index (χ0n) is 20.4. The summed E-state index contributed by atoms with van der Waals surface area (Å²) < 4.78 is 37.4. The van der Waals surface area contributed by atoms with Gasteiger partial charge in [-0.15, -0.1) is 0 Å². The number of fused-ring (bicyclic) bond motifs is 1. The lowest BCUT2D eigenvalue weighted by Gasteiger charge is -2.24. The Bertz CT molecular complexity index is 1300. The van der Waals surface area contributed by atoms with Crippen LogP contribution in [0.3, 0.4) is 0 Å². The average Bonchev–Trinajstić information content (AvgIpc) is 3.36. The highest BCUT2D eigenvalue weighted by molar-refractivity contribution is 7.16. The molecule has 0 aliphatic carbocycles. The minimum absolute atomic E-state index is 0.106. The molecule has 0 spiro atoms. The molecule has 0 radical (unpaired) electrons. The van der Waals surface area contributed by atoms with Crippen molar-refractivity contribution in [1.29, 1.82) is 0 Å². The quantitative estimate of drug-likeness (QED) is 0.486. The number of aromatic nitrogens is 3. The van der Waals surface area contributed by atoms with Crippen LogP contribution in [0.25, 0.3) is 11.1 Å². The van der Waals surface area contributed by atoms with E-state index in [-0.39, 0.29) is 29.1 Å². The third kappa shape index (κ3) is 5.43. The van der Waals surface area contributed by atoms with Crippen LogP contribution in [0, 0.1) is 6.92 Å². The van der Waals surface area contributed by atoms with Crippen molar-refractivity contribution in [1.82, 2.24) is 19.9 Å². The summed E-state index contributed by atoms with van der Waals surface area (Å²) in [7, 11) is 1.37. The Morgan fingerprint density at radius 2 is 1.89 bits per heavy atom. The van der Waals surface area contributed by atoms with E-state index in [9.17, 15) is 18.4 Å². The third-order valence-electron chi connectivity index (χ3n) is 5.22. The minimum atomic E-state index is -2.74. The van der Waals surface area contributed by atoms with Crippen molar-refractivity contribution in [3.8, 4) is 17.0 Å². The molecule has 0 fully saturated rings. The molecule has 190 valence electrons. The molecule has 1 N–H and O–H groups in total. The van der Waals surface area contributed by atoms with Gasteiger partial charge in [-0.3, -0.25) is 20.0 Å². The topological polar surface area (TPSA) is 107 Å². The molecule has 4 rings (SSSR count). The van der Waals surface area contributed by atoms with Gasteiger partial charge < -0.3 is 9.47 Å². The number of methoxy groups -OCH3 is 1. The van der Waals surface area contributed by atoms with E-state index in [2.05, 4.69) is 20.3 Å². The van der Waals surface area contributed by atoms with Gasteiger partial charge in [0.1, 0.15) is 5.60 Å². The van der Waals surface area contributed by atoms with Gasteiger partial charge in [0.15, 0.2) is 5.13 Å². The molecular weight excluding hydrogens is 492 g/mol. The summed E-state index contributed by atoms with van der Waals surface area (Å²) >= 11 is 1.25. The number of pyridine rings is 2. The zero-order valence-corrected chi connectivity index (χ0v) is 21.2. The molecule has 0 saturated heterocycles. The average molecular weight is 518 g/mol. The number of hydrogen-bond acceptors (Lipinski definition) is 8. The van der Waals surface area contributed by atoms with Crippen molar-refractivity contribution in [2.24, 2.45) is 0 Å². The van der Waals surface area contributed by atoms with Crippen molar-refractivity contribution >= 4 is 28.5 Å². The summed E-state index contributed by atoms with van der Waals surface area (Å²) in [6.07, 6.45) is -0.749. The molecule has 4 heterocycles. The van der Waals surface area contributed by atoms with Crippen molar-refractivity contribution in [2.45, 2.75) is 52.8 Å². The lowest BCUT2D eigenvalue weighted by Crippen LogP contribution is -2.33. The van der Waals surface area contributed by atoms with E-state index in [1.807, 2.05) is 0 Å². The summed E-state index contributed by atoms with van der Waals surface area (Å²) in [6.45, 7) is 7.73. The highest BCUT2D eigenvalue weighted by atomic mass is 32.1. The Balaban J connectivity index is 1.57. The van der Waals surface area contributed by atoms with E-state index in [0.717, 1.165) is 11.1 Å². The van der Waals surface area contributed by atoms with Crippen molar-refractivity contribution in [3.63, 3.8) is 0 Å². The van der Waals surface area contributed by atoms with Gasteiger partial charge in [0, 0.05) is 34.8 Å². The first-order chi connectivity index (χ1) is 16.9. The second kappa shape index (κ2) is 9.76. The van der Waals surface area contributed by atoms with E-state index < -0.39 is 24.0 Å². The van der Waals surface area contributed by atoms with Gasteiger partial charge in [-0.05, 0) is 39.8 Å². The van der Waals surface area contributed by atoms with E-state index >= 15 is 0 Å². The van der Waals surface area contributed by atoms with E-state index in [1.54, 1.807) is 38.7 Å². The predicted molar refractivity (Wildman–Crippen MR) is 129 cm³/mol. The standard InChI is InChI=1S/C24H25F2N5O4S/c1-12-6-14(15-7-13(19(25)26)8-28-21(15)34-5)16(9-27-12)20(32)30-22-29-17-10-31(11-18(17)36-22)23(33)35-24(2,3)4/h6-9,19H,10-11H2,1-5H3,(H,29,30,32). The Morgan fingerprint density at radius 1 is 1.14 bits per heavy atom. The molecule has 9 nitrogen and oxygen atoms in total. The Labute approximate surface area is 210 Å². The van der Waals surface area contributed by atoms with Crippen LogP contribution in [-0.4, -0.2) is 44.6 Å². The number of halogens is 2. The molecule has 36 heavy (non-hydrogen) atoms. The fourth-order valence-electron chi connectivity index (χ4n) is 3.62. The minimum Gasteiger partial charge on any atom is -0.481 e. The molecule has 1 aliphatic heterocycles. The molecule has 0 bridgehead atoms. The van der Waals surface area contributed by atoms with Crippen LogP contribution in [0.1, 0.15) is 59.4 Å². The Morgan fingerprint density at radius 3 is 2.53 bits per heavy atom. The molecule has 2 amide bonds. The van der Waals surface area contributed by atoms with Gasteiger partial charge in [0.2, 0.25) is 5.88 Å². The van der Waals surface area contributed by atoms with Crippen LogP contribution < -0.4 is 10.1 Å². The number of nitrogens with zero attached hydrogens (tertiary/aromatic N) is 4. The van der Waals surface area contributed by atoms with Crippen molar-refractivity contribution < 1.29 is 27.8 Å². The molecule has 0 aromatic carbocycles. The Hall–Kier alpha value is -3.67. The van der Waals surface area contributed by atoms with Gasteiger partial charge in [-0.25, -0.2) is 23.5 Å². The monoisotopic (exact) mass is 517 g/mol. The van der Waals surface area contributed by atoms with E-state index in [1.165, 1.54) is 30.7 Å². The van der Waals surface area contributed by atoms with Crippen LogP contribution in [0.4, 0.5) is 18.7 Å². The van der Waals surface area contributed by atoms with Gasteiger partial charge in [0.05, 0.1) is 36.3 Å². The maximum absolute atomic E-state index is 13.4. The summed E-state index contributed by atoms with van der Waals surface area (Å²) in [4.78, 5) is 40.6. The molecular formula is C24H25F2N5O4S. The number of anilines is 1. The summed E-state index contributed by atoms with van der Waals surface area (Å²) in [5.41, 5.74) is 1.12. The second-order valence-electron chi connectivity index (χ2n) is 9.18. The first-order valence-corrected chi connectivity index (χ1v) is 11.8. The number of rotatable bonds is 5. The van der Waals surface area contributed by atoms with Crippen LogP contribution in [-0.2, 0) is 17.8 Å². The largest absolute Gasteiger partial charge is 0.481 e. The molecule has 0 unspecified atom stereocenters. The van der Waals surface area contributed by atoms with Gasteiger partial charge >= 0.3 is 6.09 Å². The van der Waals surface area contributed by atoms with Crippen molar-refractivity contribution in [2.75, 3.05) is 12.4 Å². The molecule has 0 atom stereocenters. The van der Waals surface area contributed by atoms with Crippen LogP contribution >= 0.6 is 11.3 Å². The maximum atomic E-state index is 13.4. The number of hydrogen-bond donors (Lipinski definition) is 1. The molecule has 3 aromatic heterocycles. The summed E-state index contributed by atoms with van der Waals surface area (Å²) in [6, 6.07) is 2.87. The smallest absolute Gasteiger partial charge is 0.410 e. The number of amides is 2. The van der Waals surface area contributed by atoms with Crippen LogP contribution in [0.2, 0.25) is 0 Å².